The van der Waals surface area contributed by atoms with E-state index in [4.69, 9.17) is 0 Å². The molecule has 1 aromatic carbocycles. The Bertz CT molecular complexity index is 817. The number of amides is 2. The lowest BCUT2D eigenvalue weighted by Crippen LogP contribution is -2.44. The van der Waals surface area contributed by atoms with Gasteiger partial charge in [-0.1, -0.05) is 19.1 Å². The number of nitrogens with zero attached hydrogens (tertiary/aromatic N) is 2. The molecule has 0 bridgehead atoms. The summed E-state index contributed by atoms with van der Waals surface area (Å²) in [5.41, 5.74) is 1.59. The van der Waals surface area contributed by atoms with E-state index in [2.05, 4.69) is 5.32 Å². The zero-order valence-corrected chi connectivity index (χ0v) is 17.9. The van der Waals surface area contributed by atoms with Crippen LogP contribution in [0.2, 0.25) is 0 Å². The molecule has 0 aromatic heterocycles. The van der Waals surface area contributed by atoms with E-state index in [1.807, 2.05) is 24.0 Å². The molecule has 1 aromatic rings. The molecule has 2 saturated heterocycles. The summed E-state index contributed by atoms with van der Waals surface area (Å²) in [6.45, 7) is 4.27. The van der Waals surface area contributed by atoms with Gasteiger partial charge in [-0.25, -0.2) is 12.7 Å². The highest BCUT2D eigenvalue weighted by molar-refractivity contribution is 7.89. The van der Waals surface area contributed by atoms with Crippen molar-refractivity contribution in [3.8, 4) is 0 Å². The predicted octanol–water partition coefficient (Wildman–Crippen LogP) is 2.24. The monoisotopic (exact) mass is 421 g/mol. The maximum absolute atomic E-state index is 12.6. The minimum atomic E-state index is -3.28. The van der Waals surface area contributed by atoms with Gasteiger partial charge in [0.15, 0.2) is 0 Å². The first kappa shape index (κ1) is 21.8. The third-order valence-corrected chi connectivity index (χ3v) is 7.69. The van der Waals surface area contributed by atoms with E-state index < -0.39 is 10.0 Å². The molecule has 2 heterocycles. The summed E-state index contributed by atoms with van der Waals surface area (Å²) < 4.78 is 26.0. The molecule has 0 unspecified atom stereocenters. The zero-order chi connectivity index (χ0) is 20.9. The largest absolute Gasteiger partial charge is 0.342 e. The highest BCUT2D eigenvalue weighted by Gasteiger charge is 2.31. The van der Waals surface area contributed by atoms with Crippen molar-refractivity contribution in [1.82, 2.24) is 9.21 Å². The van der Waals surface area contributed by atoms with Crippen LogP contribution in [0.5, 0.6) is 0 Å². The number of benzene rings is 1. The Morgan fingerprint density at radius 2 is 1.76 bits per heavy atom. The number of carbonyl (C=O) groups is 2. The molecular weight excluding hydrogens is 390 g/mol. The Kier molecular flexibility index (Phi) is 7.29. The van der Waals surface area contributed by atoms with Crippen LogP contribution in [-0.4, -0.2) is 61.4 Å². The SMILES string of the molecule is CCCS(=O)(=O)N1CCC[C@@H](C(=O)Nc2ccc(CC(=O)N3CCCC3)cc2)C1. The van der Waals surface area contributed by atoms with Crippen molar-refractivity contribution in [3.05, 3.63) is 29.8 Å². The topological polar surface area (TPSA) is 86.8 Å². The van der Waals surface area contributed by atoms with Crippen LogP contribution >= 0.6 is 0 Å². The van der Waals surface area contributed by atoms with Crippen molar-refractivity contribution in [2.75, 3.05) is 37.2 Å². The molecule has 2 fully saturated rings. The summed E-state index contributed by atoms with van der Waals surface area (Å²) in [5, 5.41) is 2.90. The van der Waals surface area contributed by atoms with Crippen molar-refractivity contribution in [1.29, 1.82) is 0 Å². The van der Waals surface area contributed by atoms with Crippen molar-refractivity contribution >= 4 is 27.5 Å². The number of sulfonamides is 1. The lowest BCUT2D eigenvalue weighted by molar-refractivity contribution is -0.129. The number of likely N-dealkylation sites (tertiary alicyclic amines) is 1. The van der Waals surface area contributed by atoms with E-state index in [1.165, 1.54) is 4.31 Å². The number of anilines is 1. The van der Waals surface area contributed by atoms with E-state index in [9.17, 15) is 18.0 Å². The second-order valence-corrected chi connectivity index (χ2v) is 10.1. The minimum absolute atomic E-state index is 0.124. The lowest BCUT2D eigenvalue weighted by atomic mass is 9.98. The molecule has 2 amide bonds. The normalized spacial score (nSPS) is 20.6. The third-order valence-electron chi connectivity index (χ3n) is 5.65. The van der Waals surface area contributed by atoms with Crippen LogP contribution in [0, 0.1) is 5.92 Å². The predicted molar refractivity (Wildman–Crippen MR) is 113 cm³/mol. The smallest absolute Gasteiger partial charge is 0.228 e. The molecule has 29 heavy (non-hydrogen) atoms. The van der Waals surface area contributed by atoms with Crippen molar-refractivity contribution in [2.24, 2.45) is 5.92 Å². The number of carbonyl (C=O) groups excluding carboxylic acids is 2. The maximum Gasteiger partial charge on any atom is 0.228 e. The first-order chi connectivity index (χ1) is 13.9. The van der Waals surface area contributed by atoms with Gasteiger partial charge in [-0.15, -0.1) is 0 Å². The second-order valence-electron chi connectivity index (χ2n) is 7.96. The fourth-order valence-corrected chi connectivity index (χ4v) is 5.59. The van der Waals surface area contributed by atoms with Crippen LogP contribution in [0.3, 0.4) is 0 Å². The molecular formula is C21H31N3O4S. The summed E-state index contributed by atoms with van der Waals surface area (Å²) in [5.74, 6) is -0.220. The molecule has 8 heteroatoms. The van der Waals surface area contributed by atoms with Gasteiger partial charge in [-0.05, 0) is 49.8 Å². The van der Waals surface area contributed by atoms with Crippen LogP contribution in [-0.2, 0) is 26.0 Å². The molecule has 2 aliphatic rings. The van der Waals surface area contributed by atoms with Crippen molar-refractivity contribution in [2.45, 2.75) is 45.4 Å². The van der Waals surface area contributed by atoms with Gasteiger partial charge in [0.2, 0.25) is 21.8 Å². The number of rotatable bonds is 7. The van der Waals surface area contributed by atoms with Gasteiger partial charge >= 0.3 is 0 Å². The summed E-state index contributed by atoms with van der Waals surface area (Å²) in [6, 6.07) is 7.34. The molecule has 7 nitrogen and oxygen atoms in total. The van der Waals surface area contributed by atoms with E-state index in [1.54, 1.807) is 12.1 Å². The fraction of sp³-hybridized carbons (Fsp3) is 0.619. The highest BCUT2D eigenvalue weighted by Crippen LogP contribution is 2.22. The minimum Gasteiger partial charge on any atom is -0.342 e. The van der Waals surface area contributed by atoms with E-state index >= 15 is 0 Å². The van der Waals surface area contributed by atoms with Crippen LogP contribution in [0.15, 0.2) is 24.3 Å². The Balaban J connectivity index is 1.54. The lowest BCUT2D eigenvalue weighted by Gasteiger charge is -2.31. The molecule has 0 radical (unpaired) electrons. The van der Waals surface area contributed by atoms with Crippen LogP contribution < -0.4 is 5.32 Å². The average Bonchev–Trinajstić information content (AvgIpc) is 3.24. The average molecular weight is 422 g/mol. The Morgan fingerprint density at radius 1 is 1.07 bits per heavy atom. The number of piperidine rings is 1. The summed E-state index contributed by atoms with van der Waals surface area (Å²) in [7, 11) is -3.28. The van der Waals surface area contributed by atoms with Gasteiger partial charge in [0.05, 0.1) is 18.1 Å². The third kappa shape index (κ3) is 5.79. The van der Waals surface area contributed by atoms with Crippen molar-refractivity contribution < 1.29 is 18.0 Å². The van der Waals surface area contributed by atoms with Crippen LogP contribution in [0.25, 0.3) is 0 Å². The molecule has 0 spiro atoms. The molecule has 160 valence electrons. The van der Waals surface area contributed by atoms with E-state index in [0.29, 0.717) is 37.9 Å². The van der Waals surface area contributed by atoms with Gasteiger partial charge in [0.1, 0.15) is 0 Å². The van der Waals surface area contributed by atoms with Crippen molar-refractivity contribution in [3.63, 3.8) is 0 Å². The Hall–Kier alpha value is -1.93. The first-order valence-electron chi connectivity index (χ1n) is 10.5. The first-order valence-corrected chi connectivity index (χ1v) is 12.2. The zero-order valence-electron chi connectivity index (χ0n) is 17.1. The fourth-order valence-electron chi connectivity index (χ4n) is 4.00. The summed E-state index contributed by atoms with van der Waals surface area (Å²) in [6.07, 6.45) is 4.48. The summed E-state index contributed by atoms with van der Waals surface area (Å²) in [4.78, 5) is 26.8. The molecule has 0 saturated carbocycles. The van der Waals surface area contributed by atoms with E-state index in [-0.39, 0.29) is 30.0 Å². The van der Waals surface area contributed by atoms with Crippen LogP contribution in [0.4, 0.5) is 5.69 Å². The maximum atomic E-state index is 12.6. The molecule has 1 atom stereocenters. The van der Waals surface area contributed by atoms with Gasteiger partial charge in [0, 0.05) is 31.9 Å². The molecule has 2 aliphatic heterocycles. The van der Waals surface area contributed by atoms with Gasteiger partial charge < -0.3 is 10.2 Å². The quantitative estimate of drug-likeness (QED) is 0.732. The Labute approximate surface area is 173 Å². The number of nitrogens with one attached hydrogen (secondary N) is 1. The molecule has 1 N–H and O–H groups in total. The van der Waals surface area contributed by atoms with E-state index in [0.717, 1.165) is 31.5 Å². The van der Waals surface area contributed by atoms with Gasteiger partial charge in [0.25, 0.3) is 0 Å². The highest BCUT2D eigenvalue weighted by atomic mass is 32.2. The standard InChI is InChI=1S/C21H31N3O4S/c1-2-14-29(27,28)24-13-5-6-18(16-24)21(26)22-19-9-7-17(8-10-19)15-20(25)23-11-3-4-12-23/h7-10,18H,2-6,11-16H2,1H3,(H,22,26)/t18-/m1/s1. The number of hydrogen-bond acceptors (Lipinski definition) is 4. The van der Waals surface area contributed by atoms with Gasteiger partial charge in [-0.2, -0.15) is 0 Å². The molecule has 0 aliphatic carbocycles. The Morgan fingerprint density at radius 3 is 2.41 bits per heavy atom. The second kappa shape index (κ2) is 9.71. The van der Waals surface area contributed by atoms with Gasteiger partial charge in [-0.3, -0.25) is 9.59 Å². The van der Waals surface area contributed by atoms with Crippen LogP contribution in [0.1, 0.15) is 44.6 Å². The number of hydrogen-bond donors (Lipinski definition) is 1. The summed E-state index contributed by atoms with van der Waals surface area (Å²) >= 11 is 0. The molecule has 3 rings (SSSR count).